The molecule has 1 unspecified atom stereocenters. The van der Waals surface area contributed by atoms with Gasteiger partial charge in [-0.15, -0.1) is 0 Å². The van der Waals surface area contributed by atoms with Gasteiger partial charge in [0.2, 0.25) is 0 Å². The molecule has 1 aromatic rings. The molecule has 1 saturated carbocycles. The van der Waals surface area contributed by atoms with E-state index in [0.29, 0.717) is 5.57 Å². The molecule has 2 heterocycles. The van der Waals surface area contributed by atoms with E-state index < -0.39 is 34.9 Å². The van der Waals surface area contributed by atoms with Crippen LogP contribution in [0.5, 0.6) is 0 Å². The maximum Gasteiger partial charge on any atom is 0.410 e. The Bertz CT molecular complexity index is 970. The number of hydrogen-bond donors (Lipinski definition) is 1. The third kappa shape index (κ3) is 3.39. The lowest BCUT2D eigenvalue weighted by Crippen LogP contribution is -2.54. The lowest BCUT2D eigenvalue weighted by atomic mass is 9.54. The number of ether oxygens (including phenoxy) is 1. The summed E-state index contributed by atoms with van der Waals surface area (Å²) in [6.45, 7) is 5.84. The van der Waals surface area contributed by atoms with E-state index in [2.05, 4.69) is 6.07 Å². The van der Waals surface area contributed by atoms with Gasteiger partial charge in [0.1, 0.15) is 11.5 Å². The molecule has 8 heteroatoms. The molecule has 1 fully saturated rings. The highest BCUT2D eigenvalue weighted by Gasteiger charge is 2.58. The van der Waals surface area contributed by atoms with E-state index in [1.54, 1.807) is 26.8 Å². The number of rotatable bonds is 1. The molecule has 3 rings (SSSR count). The first-order chi connectivity index (χ1) is 13.7. The number of carbonyl (C=O) groups excluding carboxylic acids is 1. The molecule has 2 aliphatic rings. The van der Waals surface area contributed by atoms with Gasteiger partial charge in [-0.3, -0.25) is 0 Å². The average molecular weight is 407 g/mol. The van der Waals surface area contributed by atoms with Crippen LogP contribution in [0.4, 0.5) is 4.79 Å². The molecule has 7 nitrogen and oxygen atoms in total. The summed E-state index contributed by atoms with van der Waals surface area (Å²) in [5.41, 5.74) is -1.13. The van der Waals surface area contributed by atoms with E-state index in [1.165, 1.54) is 16.2 Å². The summed E-state index contributed by atoms with van der Waals surface area (Å²) in [6, 6.07) is 8.02. The molecule has 3 atom stereocenters. The van der Waals surface area contributed by atoms with Gasteiger partial charge in [0, 0.05) is 24.9 Å². The third-order valence-electron chi connectivity index (χ3n) is 5.34. The van der Waals surface area contributed by atoms with Crippen LogP contribution in [0, 0.1) is 56.7 Å². The molecule has 0 bridgehead atoms. The predicted molar refractivity (Wildman–Crippen MR) is 107 cm³/mol. The summed E-state index contributed by atoms with van der Waals surface area (Å²) < 4.78 is 5.48. The number of nitriles is 3. The van der Waals surface area contributed by atoms with Crippen molar-refractivity contribution >= 4 is 23.1 Å². The van der Waals surface area contributed by atoms with Crippen LogP contribution in [0.15, 0.2) is 28.5 Å². The first-order valence-corrected chi connectivity index (χ1v) is 10.1. The zero-order valence-electron chi connectivity index (χ0n) is 16.5. The van der Waals surface area contributed by atoms with E-state index in [-0.39, 0.29) is 18.8 Å². The van der Waals surface area contributed by atoms with Gasteiger partial charge in [-0.2, -0.15) is 27.1 Å². The van der Waals surface area contributed by atoms with Crippen LogP contribution < -0.4 is 0 Å². The zero-order valence-corrected chi connectivity index (χ0v) is 17.3. The Labute approximate surface area is 173 Å². The number of nitrogens with zero attached hydrogens (tertiary/aromatic N) is 4. The van der Waals surface area contributed by atoms with Crippen LogP contribution in [-0.2, 0) is 4.74 Å². The van der Waals surface area contributed by atoms with Crippen molar-refractivity contribution in [3.05, 3.63) is 34.0 Å². The predicted octanol–water partition coefficient (Wildman–Crippen LogP) is 3.83. The van der Waals surface area contributed by atoms with Crippen LogP contribution in [0.1, 0.15) is 32.3 Å². The fraction of sp³-hybridized carbons (Fsp3) is 0.476. The minimum Gasteiger partial charge on any atom is -0.444 e. The average Bonchev–Trinajstić information content (AvgIpc) is 3.19. The van der Waals surface area contributed by atoms with E-state index in [4.69, 9.17) is 10.1 Å². The maximum absolute atomic E-state index is 12.6. The molecule has 1 aliphatic heterocycles. The molecule has 0 saturated heterocycles. The van der Waals surface area contributed by atoms with Crippen molar-refractivity contribution in [3.8, 4) is 18.2 Å². The molecule has 29 heavy (non-hydrogen) atoms. The number of hydrogen-bond acceptors (Lipinski definition) is 7. The van der Waals surface area contributed by atoms with E-state index in [0.717, 1.165) is 5.56 Å². The monoisotopic (exact) mass is 407 g/mol. The Kier molecular flexibility index (Phi) is 5.22. The highest BCUT2D eigenvalue weighted by molar-refractivity contribution is 7.08. The summed E-state index contributed by atoms with van der Waals surface area (Å²) in [5.74, 6) is -2.02. The van der Waals surface area contributed by atoms with Crippen LogP contribution in [0.3, 0.4) is 0 Å². The number of fused-ring (bicyclic) bond motifs is 1. The van der Waals surface area contributed by atoms with E-state index in [1.807, 2.05) is 29.0 Å². The molecule has 0 aromatic carbocycles. The molecule has 0 spiro atoms. The van der Waals surface area contributed by atoms with Gasteiger partial charge >= 0.3 is 6.09 Å². The lowest BCUT2D eigenvalue weighted by molar-refractivity contribution is 0.0222. The minimum absolute atomic E-state index is 0.186. The van der Waals surface area contributed by atoms with E-state index >= 15 is 0 Å². The van der Waals surface area contributed by atoms with Gasteiger partial charge in [0.05, 0.1) is 23.9 Å². The van der Waals surface area contributed by atoms with Crippen LogP contribution in [0.25, 0.3) is 0 Å². The summed E-state index contributed by atoms with van der Waals surface area (Å²) in [4.78, 5) is 14.2. The third-order valence-corrected chi connectivity index (χ3v) is 6.05. The molecule has 1 aromatic heterocycles. The zero-order chi connectivity index (χ0) is 21.4. The van der Waals surface area contributed by atoms with Crippen molar-refractivity contribution in [3.63, 3.8) is 0 Å². The number of carbonyl (C=O) groups is 1. The highest BCUT2D eigenvalue weighted by atomic mass is 32.1. The largest absolute Gasteiger partial charge is 0.444 e. The Balaban J connectivity index is 2.10. The van der Waals surface area contributed by atoms with Gasteiger partial charge in [0.15, 0.2) is 5.41 Å². The van der Waals surface area contributed by atoms with Gasteiger partial charge in [-0.25, -0.2) is 4.79 Å². The quantitative estimate of drug-likeness (QED) is 0.708. The van der Waals surface area contributed by atoms with Crippen LogP contribution in [0.2, 0.25) is 0 Å². The van der Waals surface area contributed by atoms with Crippen molar-refractivity contribution in [1.82, 2.24) is 4.90 Å². The number of amides is 1. The van der Waals surface area contributed by atoms with Crippen LogP contribution in [-0.4, -0.2) is 35.4 Å². The van der Waals surface area contributed by atoms with Crippen molar-refractivity contribution in [2.45, 2.75) is 32.3 Å². The molecule has 148 valence electrons. The Morgan fingerprint density at radius 1 is 1.34 bits per heavy atom. The van der Waals surface area contributed by atoms with Crippen molar-refractivity contribution in [2.75, 3.05) is 13.1 Å². The second-order valence-corrected chi connectivity index (χ2v) is 9.02. The van der Waals surface area contributed by atoms with Crippen molar-refractivity contribution in [2.24, 2.45) is 17.3 Å². The Hall–Kier alpha value is -3.15. The lowest BCUT2D eigenvalue weighted by Gasteiger charge is -2.47. The molecule has 1 amide bonds. The summed E-state index contributed by atoms with van der Waals surface area (Å²) in [6.07, 6.45) is 1.30. The van der Waals surface area contributed by atoms with Gasteiger partial charge in [-0.1, -0.05) is 6.08 Å². The summed E-state index contributed by atoms with van der Waals surface area (Å²) in [7, 11) is 0. The second-order valence-electron chi connectivity index (χ2n) is 8.24. The fourth-order valence-corrected chi connectivity index (χ4v) is 4.81. The summed E-state index contributed by atoms with van der Waals surface area (Å²) in [5, 5.41) is 41.9. The topological polar surface area (TPSA) is 125 Å². The molecule has 1 N–H and O–H groups in total. The molecular formula is C21H21N5O2S. The number of thiophene rings is 1. The van der Waals surface area contributed by atoms with Gasteiger partial charge in [-0.05, 0) is 48.7 Å². The summed E-state index contributed by atoms with van der Waals surface area (Å²) >= 11 is 1.44. The Morgan fingerprint density at radius 3 is 2.55 bits per heavy atom. The SMILES string of the molecule is CC(C)(C)OC(=O)N1CC=C2C(C#N)C(=N)C(C#N)(C#N)[C@@H](c3ccsc3)[C@H]2C1. The molecule has 1 aliphatic carbocycles. The van der Waals surface area contributed by atoms with E-state index in [9.17, 15) is 20.6 Å². The van der Waals surface area contributed by atoms with Crippen molar-refractivity contribution < 1.29 is 9.53 Å². The molecular weight excluding hydrogens is 386 g/mol. The van der Waals surface area contributed by atoms with Gasteiger partial charge in [0.25, 0.3) is 0 Å². The van der Waals surface area contributed by atoms with Crippen molar-refractivity contribution in [1.29, 1.82) is 21.2 Å². The standard InChI is InChI=1S/C21H21N5O2S/c1-20(2,3)28-19(27)26-6-4-14-15(8-22)18(25)21(11-23,12-24)17(16(14)9-26)13-5-7-29-10-13/h4-5,7,10,15-17,25H,6,9H2,1-3H3/t15?,16-,17-/m0/s1. The normalized spacial score (nSPS) is 25.7. The highest BCUT2D eigenvalue weighted by Crippen LogP contribution is 2.53. The first kappa shape index (κ1) is 20.6. The number of nitrogens with one attached hydrogen (secondary N) is 1. The first-order valence-electron chi connectivity index (χ1n) is 9.19. The Morgan fingerprint density at radius 2 is 2.03 bits per heavy atom. The smallest absolute Gasteiger partial charge is 0.410 e. The molecule has 0 radical (unpaired) electrons. The van der Waals surface area contributed by atoms with Crippen LogP contribution >= 0.6 is 11.3 Å². The fourth-order valence-electron chi connectivity index (χ4n) is 4.11. The maximum atomic E-state index is 12.6. The van der Waals surface area contributed by atoms with Gasteiger partial charge < -0.3 is 15.0 Å². The minimum atomic E-state index is -1.76. The second kappa shape index (κ2) is 7.35.